The number of carbonyl (C=O) groups is 1. The average molecular weight is 247 g/mol. The molecule has 1 aromatic heterocycles. The quantitative estimate of drug-likeness (QED) is 0.812. The fraction of sp³-hybridized carbons (Fsp3) is 0.571. The number of nitrogens with one attached hydrogen (secondary N) is 1. The van der Waals surface area contributed by atoms with E-state index >= 15 is 0 Å². The Morgan fingerprint density at radius 2 is 2.11 bits per heavy atom. The summed E-state index contributed by atoms with van der Waals surface area (Å²) < 4.78 is 0. The van der Waals surface area contributed by atoms with Crippen molar-refractivity contribution >= 4 is 11.7 Å². The molecule has 2 heterocycles. The summed E-state index contributed by atoms with van der Waals surface area (Å²) in [4.78, 5) is 18.1. The van der Waals surface area contributed by atoms with Crippen LogP contribution in [0.4, 0.5) is 5.82 Å². The van der Waals surface area contributed by atoms with Crippen molar-refractivity contribution in [3.8, 4) is 0 Å². The van der Waals surface area contributed by atoms with Crippen LogP contribution in [0.25, 0.3) is 0 Å². The van der Waals surface area contributed by atoms with Gasteiger partial charge in [-0.3, -0.25) is 4.79 Å². The van der Waals surface area contributed by atoms with E-state index in [9.17, 15) is 4.79 Å². The number of amides is 1. The number of anilines is 1. The smallest absolute Gasteiger partial charge is 0.222 e. The summed E-state index contributed by atoms with van der Waals surface area (Å²) in [6.07, 6.45) is 6.87. The summed E-state index contributed by atoms with van der Waals surface area (Å²) in [5.74, 6) is 1.18. The molecule has 0 atom stereocenters. The topological polar surface area (TPSA) is 45.2 Å². The van der Waals surface area contributed by atoms with E-state index < -0.39 is 0 Å². The fourth-order valence-corrected chi connectivity index (χ4v) is 2.22. The van der Waals surface area contributed by atoms with Crippen LogP contribution in [0.5, 0.6) is 0 Å². The molecule has 1 aromatic rings. The third-order valence-corrected chi connectivity index (χ3v) is 3.25. The van der Waals surface area contributed by atoms with Gasteiger partial charge in [0.15, 0.2) is 0 Å². The lowest BCUT2D eigenvalue weighted by Crippen LogP contribution is -2.35. The molecule has 1 N–H and O–H groups in total. The summed E-state index contributed by atoms with van der Waals surface area (Å²) in [6, 6.07) is 5.78. The number of pyridine rings is 1. The molecule has 0 spiro atoms. The van der Waals surface area contributed by atoms with E-state index in [1.807, 2.05) is 23.1 Å². The largest absolute Gasteiger partial charge is 0.370 e. The van der Waals surface area contributed by atoms with Gasteiger partial charge >= 0.3 is 0 Å². The highest BCUT2D eigenvalue weighted by molar-refractivity contribution is 5.76. The molecule has 2 rings (SSSR count). The van der Waals surface area contributed by atoms with E-state index in [2.05, 4.69) is 10.3 Å². The minimum Gasteiger partial charge on any atom is -0.370 e. The van der Waals surface area contributed by atoms with E-state index in [4.69, 9.17) is 0 Å². The maximum Gasteiger partial charge on any atom is 0.222 e. The molecule has 1 amide bonds. The molecule has 0 aliphatic carbocycles. The maximum atomic E-state index is 11.9. The average Bonchev–Trinajstić information content (AvgIpc) is 2.45. The standard InChI is InChI=1S/C14H21N3O/c18-14(17-11-4-1-5-12-17)8-6-10-16-13-7-2-3-9-15-13/h2-3,7,9H,1,4-6,8,10-12H2,(H,15,16). The second-order valence-corrected chi connectivity index (χ2v) is 4.69. The third-order valence-electron chi connectivity index (χ3n) is 3.25. The van der Waals surface area contributed by atoms with Crippen LogP contribution in [-0.2, 0) is 4.79 Å². The van der Waals surface area contributed by atoms with Gasteiger partial charge in [-0.1, -0.05) is 6.07 Å². The van der Waals surface area contributed by atoms with Gasteiger partial charge in [-0.2, -0.15) is 0 Å². The Hall–Kier alpha value is -1.58. The van der Waals surface area contributed by atoms with Crippen LogP contribution in [0.1, 0.15) is 32.1 Å². The van der Waals surface area contributed by atoms with Gasteiger partial charge in [0.25, 0.3) is 0 Å². The van der Waals surface area contributed by atoms with Gasteiger partial charge in [0, 0.05) is 32.3 Å². The molecule has 1 saturated heterocycles. The highest BCUT2D eigenvalue weighted by Gasteiger charge is 2.15. The van der Waals surface area contributed by atoms with Crippen LogP contribution in [-0.4, -0.2) is 35.4 Å². The zero-order valence-corrected chi connectivity index (χ0v) is 10.8. The Balaban J connectivity index is 1.61. The predicted octanol–water partition coefficient (Wildman–Crippen LogP) is 2.29. The molecule has 18 heavy (non-hydrogen) atoms. The maximum absolute atomic E-state index is 11.9. The number of nitrogens with zero attached hydrogens (tertiary/aromatic N) is 2. The van der Waals surface area contributed by atoms with E-state index in [0.29, 0.717) is 12.3 Å². The highest BCUT2D eigenvalue weighted by Crippen LogP contribution is 2.10. The minimum absolute atomic E-state index is 0.303. The lowest BCUT2D eigenvalue weighted by molar-refractivity contribution is -0.132. The van der Waals surface area contributed by atoms with E-state index in [0.717, 1.165) is 44.7 Å². The predicted molar refractivity (Wildman–Crippen MR) is 72.4 cm³/mol. The van der Waals surface area contributed by atoms with Crippen LogP contribution in [0.15, 0.2) is 24.4 Å². The summed E-state index contributed by atoms with van der Waals surface area (Å²) in [5, 5.41) is 3.22. The zero-order chi connectivity index (χ0) is 12.6. The number of aromatic nitrogens is 1. The van der Waals surface area contributed by atoms with Crippen molar-refractivity contribution in [2.75, 3.05) is 25.0 Å². The fourth-order valence-electron chi connectivity index (χ4n) is 2.22. The molecule has 1 aliphatic rings. The van der Waals surface area contributed by atoms with E-state index in [1.165, 1.54) is 6.42 Å². The molecule has 4 nitrogen and oxygen atoms in total. The molecule has 0 bridgehead atoms. The lowest BCUT2D eigenvalue weighted by atomic mass is 10.1. The molecule has 1 aliphatic heterocycles. The molecule has 4 heteroatoms. The van der Waals surface area contributed by atoms with Crippen molar-refractivity contribution < 1.29 is 4.79 Å². The molecular weight excluding hydrogens is 226 g/mol. The van der Waals surface area contributed by atoms with Gasteiger partial charge < -0.3 is 10.2 Å². The van der Waals surface area contributed by atoms with Gasteiger partial charge in [0.2, 0.25) is 5.91 Å². The van der Waals surface area contributed by atoms with Gasteiger partial charge in [-0.25, -0.2) is 4.98 Å². The van der Waals surface area contributed by atoms with Crippen molar-refractivity contribution in [3.05, 3.63) is 24.4 Å². The normalized spacial score (nSPS) is 15.4. The molecule has 0 aromatic carbocycles. The van der Waals surface area contributed by atoms with Crippen molar-refractivity contribution in [1.82, 2.24) is 9.88 Å². The molecule has 0 unspecified atom stereocenters. The van der Waals surface area contributed by atoms with Crippen LogP contribution >= 0.6 is 0 Å². The van der Waals surface area contributed by atoms with Crippen molar-refractivity contribution in [3.63, 3.8) is 0 Å². The van der Waals surface area contributed by atoms with Gasteiger partial charge in [0.05, 0.1) is 0 Å². The number of hydrogen-bond donors (Lipinski definition) is 1. The van der Waals surface area contributed by atoms with E-state index in [-0.39, 0.29) is 0 Å². The second-order valence-electron chi connectivity index (χ2n) is 4.69. The zero-order valence-electron chi connectivity index (χ0n) is 10.8. The van der Waals surface area contributed by atoms with Gasteiger partial charge in [0.1, 0.15) is 5.82 Å². The lowest BCUT2D eigenvalue weighted by Gasteiger charge is -2.26. The molecule has 0 radical (unpaired) electrons. The summed E-state index contributed by atoms with van der Waals surface area (Å²) >= 11 is 0. The SMILES string of the molecule is O=C(CCCNc1ccccn1)N1CCCCC1. The van der Waals surface area contributed by atoms with Crippen LogP contribution < -0.4 is 5.32 Å². The Morgan fingerprint density at radius 1 is 1.28 bits per heavy atom. The number of hydrogen-bond acceptors (Lipinski definition) is 3. The van der Waals surface area contributed by atoms with Crippen LogP contribution in [0, 0.1) is 0 Å². The first-order valence-corrected chi connectivity index (χ1v) is 6.79. The van der Waals surface area contributed by atoms with Crippen LogP contribution in [0.2, 0.25) is 0 Å². The van der Waals surface area contributed by atoms with Gasteiger partial charge in [-0.15, -0.1) is 0 Å². The summed E-state index contributed by atoms with van der Waals surface area (Å²) in [6.45, 7) is 2.70. The molecular formula is C14H21N3O. The Bertz CT molecular complexity index is 361. The molecule has 98 valence electrons. The third kappa shape index (κ3) is 4.02. The highest BCUT2D eigenvalue weighted by atomic mass is 16.2. The Labute approximate surface area is 108 Å². The van der Waals surface area contributed by atoms with Gasteiger partial charge in [-0.05, 0) is 37.8 Å². The second kappa shape index (κ2) is 6.99. The first-order chi connectivity index (χ1) is 8.86. The molecule has 1 fully saturated rings. The van der Waals surface area contributed by atoms with Crippen LogP contribution in [0.3, 0.4) is 0 Å². The minimum atomic E-state index is 0.303. The Morgan fingerprint density at radius 3 is 2.83 bits per heavy atom. The number of piperidine rings is 1. The number of carbonyl (C=O) groups excluding carboxylic acids is 1. The summed E-state index contributed by atoms with van der Waals surface area (Å²) in [7, 11) is 0. The monoisotopic (exact) mass is 247 g/mol. The number of rotatable bonds is 5. The first kappa shape index (κ1) is 12.9. The molecule has 0 saturated carbocycles. The first-order valence-electron chi connectivity index (χ1n) is 6.79. The van der Waals surface area contributed by atoms with Crippen molar-refractivity contribution in [1.29, 1.82) is 0 Å². The van der Waals surface area contributed by atoms with Crippen molar-refractivity contribution in [2.24, 2.45) is 0 Å². The summed E-state index contributed by atoms with van der Waals surface area (Å²) in [5.41, 5.74) is 0. The van der Waals surface area contributed by atoms with E-state index in [1.54, 1.807) is 6.20 Å². The number of likely N-dealkylation sites (tertiary alicyclic amines) is 1. The Kier molecular flexibility index (Phi) is 5.00. The van der Waals surface area contributed by atoms with Crippen molar-refractivity contribution in [2.45, 2.75) is 32.1 Å².